The number of benzene rings is 2. The van der Waals surface area contributed by atoms with Gasteiger partial charge in [-0.1, -0.05) is 55.5 Å². The Morgan fingerprint density at radius 2 is 1.67 bits per heavy atom. The van der Waals surface area contributed by atoms with Crippen molar-refractivity contribution >= 4 is 6.08 Å². The Morgan fingerprint density at radius 3 is 2.44 bits per heavy atom. The predicted molar refractivity (Wildman–Crippen MR) is 76.6 cm³/mol. The second-order valence-corrected chi connectivity index (χ2v) is 4.00. The van der Waals surface area contributed by atoms with E-state index in [-0.39, 0.29) is 0 Å². The number of allylic oxidation sites excluding steroid dienone is 1. The topological polar surface area (TPSA) is 9.23 Å². The zero-order chi connectivity index (χ0) is 12.6. The largest absolute Gasteiger partial charge is 0.457 e. The third-order valence-electron chi connectivity index (χ3n) is 2.56. The summed E-state index contributed by atoms with van der Waals surface area (Å²) in [5, 5.41) is 0. The summed E-state index contributed by atoms with van der Waals surface area (Å²) in [5.41, 5.74) is 1.09. The van der Waals surface area contributed by atoms with Gasteiger partial charge < -0.3 is 4.74 Å². The number of hydrogen-bond acceptors (Lipinski definition) is 1. The first-order chi connectivity index (χ1) is 8.90. The first kappa shape index (κ1) is 12.4. The zero-order valence-electron chi connectivity index (χ0n) is 10.4. The summed E-state index contributed by atoms with van der Waals surface area (Å²) in [6.07, 6.45) is 6.11. The molecule has 0 aliphatic carbocycles. The number of para-hydroxylation sites is 2. The van der Waals surface area contributed by atoms with E-state index in [1.807, 2.05) is 48.5 Å². The molecule has 0 aliphatic rings. The summed E-state index contributed by atoms with van der Waals surface area (Å²) in [6, 6.07) is 17.9. The maximum Gasteiger partial charge on any atom is 0.134 e. The molecular formula is C17H17O. The molecule has 0 atom stereocenters. The van der Waals surface area contributed by atoms with E-state index >= 15 is 0 Å². The molecule has 0 heterocycles. The van der Waals surface area contributed by atoms with Crippen LogP contribution >= 0.6 is 0 Å². The van der Waals surface area contributed by atoms with Gasteiger partial charge in [0.25, 0.3) is 0 Å². The van der Waals surface area contributed by atoms with E-state index in [0.29, 0.717) is 0 Å². The molecule has 2 aromatic carbocycles. The molecule has 1 heteroatoms. The van der Waals surface area contributed by atoms with Gasteiger partial charge in [0.05, 0.1) is 0 Å². The van der Waals surface area contributed by atoms with Gasteiger partial charge in [0.2, 0.25) is 0 Å². The predicted octanol–water partition coefficient (Wildman–Crippen LogP) is 5.11. The highest BCUT2D eigenvalue weighted by atomic mass is 16.5. The van der Waals surface area contributed by atoms with Gasteiger partial charge in [-0.3, -0.25) is 0 Å². The zero-order valence-corrected chi connectivity index (χ0v) is 10.4. The molecule has 0 aliphatic heterocycles. The van der Waals surface area contributed by atoms with Gasteiger partial charge in [-0.05, 0) is 31.0 Å². The van der Waals surface area contributed by atoms with Gasteiger partial charge in [0.15, 0.2) is 0 Å². The smallest absolute Gasteiger partial charge is 0.134 e. The monoisotopic (exact) mass is 237 g/mol. The molecule has 0 fully saturated rings. The van der Waals surface area contributed by atoms with Crippen LogP contribution in [0.15, 0.2) is 60.7 Å². The van der Waals surface area contributed by atoms with E-state index in [1.165, 1.54) is 0 Å². The van der Waals surface area contributed by atoms with Crippen molar-refractivity contribution in [2.45, 2.75) is 12.8 Å². The molecule has 91 valence electrons. The van der Waals surface area contributed by atoms with Crippen LogP contribution in [0.1, 0.15) is 18.4 Å². The summed E-state index contributed by atoms with van der Waals surface area (Å²) in [7, 11) is 0. The van der Waals surface area contributed by atoms with Gasteiger partial charge in [0, 0.05) is 5.56 Å². The Kier molecular flexibility index (Phi) is 4.60. The van der Waals surface area contributed by atoms with Crippen molar-refractivity contribution in [3.63, 3.8) is 0 Å². The minimum atomic E-state index is 0.857. The van der Waals surface area contributed by atoms with Gasteiger partial charge in [-0.15, -0.1) is 0 Å². The average molecular weight is 237 g/mol. The molecular weight excluding hydrogens is 220 g/mol. The van der Waals surface area contributed by atoms with Crippen molar-refractivity contribution < 1.29 is 4.74 Å². The Hall–Kier alpha value is -2.02. The van der Waals surface area contributed by atoms with Crippen molar-refractivity contribution in [3.05, 3.63) is 73.2 Å². The molecule has 0 aromatic heterocycles. The van der Waals surface area contributed by atoms with Crippen LogP contribution in [-0.2, 0) is 0 Å². The lowest BCUT2D eigenvalue weighted by Crippen LogP contribution is -1.86. The maximum absolute atomic E-state index is 5.87. The van der Waals surface area contributed by atoms with Crippen molar-refractivity contribution in [2.24, 2.45) is 0 Å². The van der Waals surface area contributed by atoms with Crippen LogP contribution in [0.2, 0.25) is 0 Å². The first-order valence-electron chi connectivity index (χ1n) is 6.18. The third kappa shape index (κ3) is 3.49. The van der Waals surface area contributed by atoms with Crippen LogP contribution < -0.4 is 4.74 Å². The molecule has 2 rings (SSSR count). The van der Waals surface area contributed by atoms with E-state index in [0.717, 1.165) is 29.9 Å². The molecule has 1 radical (unpaired) electrons. The van der Waals surface area contributed by atoms with Gasteiger partial charge in [-0.25, -0.2) is 0 Å². The summed E-state index contributed by atoms with van der Waals surface area (Å²) < 4.78 is 5.87. The van der Waals surface area contributed by atoms with Crippen molar-refractivity contribution in [1.29, 1.82) is 0 Å². The van der Waals surface area contributed by atoms with Crippen LogP contribution in [0.4, 0.5) is 0 Å². The molecule has 0 unspecified atom stereocenters. The Bertz CT molecular complexity index is 500. The lowest BCUT2D eigenvalue weighted by atomic mass is 10.1. The van der Waals surface area contributed by atoms with Crippen molar-refractivity contribution in [2.75, 3.05) is 0 Å². The van der Waals surface area contributed by atoms with Crippen LogP contribution in [0.25, 0.3) is 6.08 Å². The fraction of sp³-hybridized carbons (Fsp3) is 0.118. The van der Waals surface area contributed by atoms with Crippen LogP contribution in [-0.4, -0.2) is 0 Å². The Morgan fingerprint density at radius 1 is 0.944 bits per heavy atom. The molecule has 2 aromatic rings. The summed E-state index contributed by atoms with van der Waals surface area (Å²) in [6.45, 7) is 3.82. The lowest BCUT2D eigenvalue weighted by molar-refractivity contribution is 0.481. The standard InChI is InChI=1S/C17H17O/c1-2-3-5-10-15-11-8-9-14-17(15)18-16-12-6-4-7-13-16/h4-14H,1-3H2. The molecule has 18 heavy (non-hydrogen) atoms. The molecule has 0 amide bonds. The minimum Gasteiger partial charge on any atom is -0.457 e. The molecule has 0 saturated heterocycles. The van der Waals surface area contributed by atoms with Crippen molar-refractivity contribution in [3.8, 4) is 11.5 Å². The highest BCUT2D eigenvalue weighted by Gasteiger charge is 2.00. The van der Waals surface area contributed by atoms with Gasteiger partial charge in [0.1, 0.15) is 11.5 Å². The molecule has 0 spiro atoms. The van der Waals surface area contributed by atoms with E-state index in [9.17, 15) is 0 Å². The fourth-order valence-corrected chi connectivity index (χ4v) is 1.65. The summed E-state index contributed by atoms with van der Waals surface area (Å²) in [5.74, 6) is 1.74. The normalized spacial score (nSPS) is 10.7. The first-order valence-corrected chi connectivity index (χ1v) is 6.18. The molecule has 0 bridgehead atoms. The molecule has 1 nitrogen and oxygen atoms in total. The summed E-state index contributed by atoms with van der Waals surface area (Å²) in [4.78, 5) is 0. The highest BCUT2D eigenvalue weighted by molar-refractivity contribution is 5.57. The quantitative estimate of drug-likeness (QED) is 0.702. The van der Waals surface area contributed by atoms with E-state index < -0.39 is 0 Å². The number of rotatable bonds is 5. The SMILES string of the molecule is [CH2]CCC=Cc1ccccc1Oc1ccccc1. The highest BCUT2D eigenvalue weighted by Crippen LogP contribution is 2.25. The van der Waals surface area contributed by atoms with Gasteiger partial charge >= 0.3 is 0 Å². The van der Waals surface area contributed by atoms with E-state index in [1.54, 1.807) is 0 Å². The van der Waals surface area contributed by atoms with Crippen LogP contribution in [0.5, 0.6) is 11.5 Å². The van der Waals surface area contributed by atoms with E-state index in [4.69, 9.17) is 4.74 Å². The maximum atomic E-state index is 5.87. The number of hydrogen-bond donors (Lipinski definition) is 0. The average Bonchev–Trinajstić information content (AvgIpc) is 2.42. The molecule has 0 saturated carbocycles. The lowest BCUT2D eigenvalue weighted by Gasteiger charge is -2.08. The minimum absolute atomic E-state index is 0.857. The Labute approximate surface area is 109 Å². The second kappa shape index (κ2) is 6.65. The Balaban J connectivity index is 2.17. The number of unbranched alkanes of at least 4 members (excludes halogenated alkanes) is 1. The molecule has 0 N–H and O–H groups in total. The second-order valence-electron chi connectivity index (χ2n) is 4.00. The fourth-order valence-electron chi connectivity index (χ4n) is 1.65. The third-order valence-corrected chi connectivity index (χ3v) is 2.56. The number of ether oxygens (including phenoxy) is 1. The van der Waals surface area contributed by atoms with Gasteiger partial charge in [-0.2, -0.15) is 0 Å². The van der Waals surface area contributed by atoms with Crippen LogP contribution in [0.3, 0.4) is 0 Å². The van der Waals surface area contributed by atoms with Crippen LogP contribution in [0, 0.1) is 6.92 Å². The van der Waals surface area contributed by atoms with Crippen molar-refractivity contribution in [1.82, 2.24) is 0 Å². The van der Waals surface area contributed by atoms with E-state index in [2.05, 4.69) is 25.1 Å². The summed E-state index contributed by atoms with van der Waals surface area (Å²) >= 11 is 0.